The lowest BCUT2D eigenvalue weighted by Crippen LogP contribution is -2.43. The molecule has 6 nitrogen and oxygen atoms in total. The summed E-state index contributed by atoms with van der Waals surface area (Å²) in [5.41, 5.74) is 6.40. The van der Waals surface area contributed by atoms with Gasteiger partial charge in [0.1, 0.15) is 4.21 Å². The Bertz CT molecular complexity index is 662. The molecule has 0 unspecified atom stereocenters. The van der Waals surface area contributed by atoms with Gasteiger partial charge in [-0.1, -0.05) is 0 Å². The van der Waals surface area contributed by atoms with Crippen molar-refractivity contribution < 1.29 is 16.8 Å². The first-order valence-corrected chi connectivity index (χ1v) is 9.84. The van der Waals surface area contributed by atoms with Gasteiger partial charge in [0.25, 0.3) is 10.0 Å². The number of nitrogens with two attached hydrogens (primary N) is 1. The largest absolute Gasteiger partial charge is 0.326 e. The third kappa shape index (κ3) is 3.00. The molecule has 1 aromatic rings. The fraction of sp³-hybridized carbons (Fsp3) is 0.600. The Hall–Kier alpha value is -0.480. The van der Waals surface area contributed by atoms with Crippen LogP contribution in [0.15, 0.2) is 10.3 Å². The molecule has 108 valence electrons. The Morgan fingerprint density at radius 2 is 1.95 bits per heavy atom. The first-order valence-electron chi connectivity index (χ1n) is 5.76. The van der Waals surface area contributed by atoms with E-state index in [0.717, 1.165) is 21.8 Å². The average Bonchev–Trinajstić information content (AvgIpc) is 2.70. The fourth-order valence-corrected chi connectivity index (χ4v) is 6.38. The minimum Gasteiger partial charge on any atom is -0.326 e. The van der Waals surface area contributed by atoms with Crippen molar-refractivity contribution >= 4 is 31.2 Å². The summed E-state index contributed by atoms with van der Waals surface area (Å²) in [6.45, 7) is 2.18. The lowest BCUT2D eigenvalue weighted by molar-refractivity contribution is 0.432. The van der Waals surface area contributed by atoms with Crippen LogP contribution in [0.25, 0.3) is 0 Å². The van der Waals surface area contributed by atoms with Gasteiger partial charge in [-0.25, -0.2) is 16.8 Å². The first-order chi connectivity index (χ1) is 8.76. The van der Waals surface area contributed by atoms with Crippen LogP contribution >= 0.6 is 11.3 Å². The first kappa shape index (κ1) is 14.9. The maximum absolute atomic E-state index is 12.4. The molecule has 2 heterocycles. The maximum atomic E-state index is 12.4. The van der Waals surface area contributed by atoms with E-state index >= 15 is 0 Å². The van der Waals surface area contributed by atoms with Gasteiger partial charge in [-0.2, -0.15) is 4.31 Å². The van der Waals surface area contributed by atoms with Crippen LogP contribution in [-0.2, 0) is 26.4 Å². The highest BCUT2D eigenvalue weighted by Crippen LogP contribution is 2.28. The SMILES string of the molecule is Cc1cc(S(=O)(=O)N2CCS(=O)(=O)CC2)sc1CN. The predicted molar refractivity (Wildman–Crippen MR) is 74.4 cm³/mol. The molecule has 0 saturated carbocycles. The zero-order valence-electron chi connectivity index (χ0n) is 10.5. The molecule has 2 rings (SSSR count). The van der Waals surface area contributed by atoms with Gasteiger partial charge in [-0.05, 0) is 18.6 Å². The topological polar surface area (TPSA) is 97.5 Å². The van der Waals surface area contributed by atoms with Gasteiger partial charge in [0.05, 0.1) is 11.5 Å². The summed E-state index contributed by atoms with van der Waals surface area (Å²) < 4.78 is 48.9. The standard InChI is InChI=1S/C10H16N2O4S3/c1-8-6-10(17-9(8)7-11)19(15,16)12-2-4-18(13,14)5-3-12/h6H,2-5,7,11H2,1H3. The number of thiophene rings is 1. The molecular weight excluding hydrogens is 308 g/mol. The smallest absolute Gasteiger partial charge is 0.252 e. The van der Waals surface area contributed by atoms with Crippen LogP contribution in [0.1, 0.15) is 10.4 Å². The van der Waals surface area contributed by atoms with E-state index in [1.165, 1.54) is 4.31 Å². The quantitative estimate of drug-likeness (QED) is 0.839. The van der Waals surface area contributed by atoms with Crippen molar-refractivity contribution in [2.75, 3.05) is 24.6 Å². The molecule has 1 aliphatic heterocycles. The summed E-state index contributed by atoms with van der Waals surface area (Å²) in [7, 11) is -6.68. The molecule has 0 amide bonds. The fourth-order valence-electron chi connectivity index (χ4n) is 1.88. The van der Waals surface area contributed by atoms with Crippen LogP contribution in [-0.4, -0.2) is 45.7 Å². The van der Waals surface area contributed by atoms with Gasteiger partial charge in [0, 0.05) is 24.5 Å². The molecule has 2 N–H and O–H groups in total. The number of rotatable bonds is 3. The molecule has 0 bridgehead atoms. The van der Waals surface area contributed by atoms with Crippen LogP contribution in [0.3, 0.4) is 0 Å². The lowest BCUT2D eigenvalue weighted by Gasteiger charge is -2.25. The maximum Gasteiger partial charge on any atom is 0.252 e. The van der Waals surface area contributed by atoms with E-state index in [1.54, 1.807) is 6.07 Å². The van der Waals surface area contributed by atoms with Crippen molar-refractivity contribution in [1.29, 1.82) is 0 Å². The Labute approximate surface area is 117 Å². The molecule has 0 radical (unpaired) electrons. The highest BCUT2D eigenvalue weighted by molar-refractivity contribution is 7.92. The molecule has 1 aliphatic rings. The predicted octanol–water partition coefficient (Wildman–Crippen LogP) is -0.0657. The van der Waals surface area contributed by atoms with Crippen molar-refractivity contribution in [3.8, 4) is 0 Å². The molecule has 0 aromatic carbocycles. The molecule has 1 aromatic heterocycles. The van der Waals surface area contributed by atoms with Crippen molar-refractivity contribution in [3.05, 3.63) is 16.5 Å². The van der Waals surface area contributed by atoms with Crippen LogP contribution in [0.2, 0.25) is 0 Å². The normalized spacial score (nSPS) is 20.5. The molecular formula is C10H16N2O4S3. The lowest BCUT2D eigenvalue weighted by atomic mass is 10.3. The summed E-state index contributed by atoms with van der Waals surface area (Å²) in [4.78, 5) is 0.836. The Balaban J connectivity index is 2.28. The number of sulfonamides is 1. The highest BCUT2D eigenvalue weighted by atomic mass is 32.2. The third-order valence-corrected chi connectivity index (χ3v) is 8.30. The zero-order chi connectivity index (χ0) is 14.3. The average molecular weight is 324 g/mol. The van der Waals surface area contributed by atoms with Crippen LogP contribution < -0.4 is 5.73 Å². The van der Waals surface area contributed by atoms with E-state index in [-0.39, 0.29) is 28.8 Å². The van der Waals surface area contributed by atoms with Crippen molar-refractivity contribution in [3.63, 3.8) is 0 Å². The summed E-state index contributed by atoms with van der Waals surface area (Å²) >= 11 is 1.16. The van der Waals surface area contributed by atoms with E-state index in [1.807, 2.05) is 6.92 Å². The van der Waals surface area contributed by atoms with Crippen molar-refractivity contribution in [1.82, 2.24) is 4.31 Å². The number of sulfone groups is 1. The molecule has 0 spiro atoms. The van der Waals surface area contributed by atoms with Gasteiger partial charge >= 0.3 is 0 Å². The molecule has 19 heavy (non-hydrogen) atoms. The number of aryl methyl sites for hydroxylation is 1. The second kappa shape index (κ2) is 5.13. The Morgan fingerprint density at radius 1 is 1.37 bits per heavy atom. The van der Waals surface area contributed by atoms with Gasteiger partial charge in [0.2, 0.25) is 0 Å². The minimum atomic E-state index is -3.59. The number of hydrogen-bond donors (Lipinski definition) is 1. The zero-order valence-corrected chi connectivity index (χ0v) is 12.9. The van der Waals surface area contributed by atoms with Gasteiger partial charge in [-0.15, -0.1) is 11.3 Å². The second-order valence-corrected chi connectivity index (χ2v) is 10.0. The second-order valence-electron chi connectivity index (χ2n) is 4.43. The van der Waals surface area contributed by atoms with Crippen LogP contribution in [0.4, 0.5) is 0 Å². The van der Waals surface area contributed by atoms with Gasteiger partial charge < -0.3 is 5.73 Å². The van der Waals surface area contributed by atoms with Crippen LogP contribution in [0.5, 0.6) is 0 Å². The molecule has 0 atom stereocenters. The molecule has 9 heteroatoms. The summed E-state index contributed by atoms with van der Waals surface area (Å²) in [6, 6.07) is 1.60. The van der Waals surface area contributed by atoms with E-state index in [4.69, 9.17) is 5.73 Å². The summed E-state index contributed by atoms with van der Waals surface area (Å²) in [5.74, 6) is -0.222. The third-order valence-electron chi connectivity index (χ3n) is 3.08. The number of nitrogens with zero attached hydrogens (tertiary/aromatic N) is 1. The molecule has 1 fully saturated rings. The number of hydrogen-bond acceptors (Lipinski definition) is 6. The summed E-state index contributed by atoms with van der Waals surface area (Å²) in [6.07, 6.45) is 0. The molecule has 1 saturated heterocycles. The minimum absolute atomic E-state index is 0.0274. The van der Waals surface area contributed by atoms with Crippen molar-refractivity contribution in [2.24, 2.45) is 5.73 Å². The highest BCUT2D eigenvalue weighted by Gasteiger charge is 2.32. The van der Waals surface area contributed by atoms with Crippen LogP contribution in [0, 0.1) is 6.92 Å². The van der Waals surface area contributed by atoms with E-state index in [2.05, 4.69) is 0 Å². The molecule has 0 aliphatic carbocycles. The summed E-state index contributed by atoms with van der Waals surface area (Å²) in [5, 5.41) is 0. The Morgan fingerprint density at radius 3 is 2.42 bits per heavy atom. The van der Waals surface area contributed by atoms with E-state index in [9.17, 15) is 16.8 Å². The Kier molecular flexibility index (Phi) is 4.03. The van der Waals surface area contributed by atoms with Gasteiger partial charge in [-0.3, -0.25) is 0 Å². The van der Waals surface area contributed by atoms with E-state index < -0.39 is 19.9 Å². The van der Waals surface area contributed by atoms with Crippen molar-refractivity contribution in [2.45, 2.75) is 17.7 Å². The van der Waals surface area contributed by atoms with E-state index in [0.29, 0.717) is 6.54 Å². The van der Waals surface area contributed by atoms with Gasteiger partial charge in [0.15, 0.2) is 9.84 Å². The monoisotopic (exact) mass is 324 g/mol.